The third-order valence-electron chi connectivity index (χ3n) is 5.67. The third-order valence-corrected chi connectivity index (χ3v) is 6.57. The van der Waals surface area contributed by atoms with Gasteiger partial charge in [-0.3, -0.25) is 10.1 Å². The predicted octanol–water partition coefficient (Wildman–Crippen LogP) is 8.00. The number of hydrogen-bond acceptors (Lipinski definition) is 4. The molecule has 1 aromatic heterocycles. The van der Waals surface area contributed by atoms with E-state index in [9.17, 15) is 4.79 Å². The van der Waals surface area contributed by atoms with E-state index in [0.717, 1.165) is 29.8 Å². The summed E-state index contributed by atoms with van der Waals surface area (Å²) in [6, 6.07) is 8.49. The zero-order valence-corrected chi connectivity index (χ0v) is 20.9. The second-order valence-electron chi connectivity index (χ2n) is 8.60. The highest BCUT2D eigenvalue weighted by atomic mass is 32.1. The summed E-state index contributed by atoms with van der Waals surface area (Å²) in [4.78, 5) is 12.2. The standard InChI is InChI=1S/C27H41N3OS/c1-3-5-7-9-10-12-14-16-26-29-30-27(32-26)28-25(31)22-21-24-19-17-23(18-20-24)15-13-11-8-6-4-2/h17-22H,3-16H2,1-2H3,(H,28,30,31)/b22-21+. The molecule has 5 heteroatoms. The van der Waals surface area contributed by atoms with Crippen molar-refractivity contribution in [2.75, 3.05) is 5.32 Å². The molecule has 1 amide bonds. The lowest BCUT2D eigenvalue weighted by Gasteiger charge is -2.02. The fraction of sp³-hybridized carbons (Fsp3) is 0.593. The molecule has 0 fully saturated rings. The van der Waals surface area contributed by atoms with Crippen molar-refractivity contribution < 1.29 is 4.79 Å². The Morgan fingerprint density at radius 3 is 2.06 bits per heavy atom. The van der Waals surface area contributed by atoms with Crippen LogP contribution in [0, 0.1) is 0 Å². The first-order chi connectivity index (χ1) is 15.7. The molecule has 1 N–H and O–H groups in total. The predicted molar refractivity (Wildman–Crippen MR) is 138 cm³/mol. The van der Waals surface area contributed by atoms with Crippen LogP contribution in [0.5, 0.6) is 0 Å². The maximum Gasteiger partial charge on any atom is 0.250 e. The fourth-order valence-electron chi connectivity index (χ4n) is 3.69. The van der Waals surface area contributed by atoms with Crippen LogP contribution in [0.3, 0.4) is 0 Å². The molecule has 1 heterocycles. The van der Waals surface area contributed by atoms with Crippen LogP contribution >= 0.6 is 11.3 Å². The number of aryl methyl sites for hydroxylation is 2. The first-order valence-corrected chi connectivity index (χ1v) is 13.4. The van der Waals surface area contributed by atoms with Gasteiger partial charge in [-0.25, -0.2) is 0 Å². The van der Waals surface area contributed by atoms with Gasteiger partial charge in [0.2, 0.25) is 11.0 Å². The molecule has 0 saturated carbocycles. The maximum atomic E-state index is 12.2. The Kier molecular flexibility index (Phi) is 13.6. The minimum Gasteiger partial charge on any atom is -0.297 e. The van der Waals surface area contributed by atoms with Gasteiger partial charge < -0.3 is 0 Å². The van der Waals surface area contributed by atoms with E-state index in [2.05, 4.69) is 53.6 Å². The van der Waals surface area contributed by atoms with Crippen LogP contribution < -0.4 is 5.32 Å². The summed E-state index contributed by atoms with van der Waals surface area (Å²) in [5, 5.41) is 12.7. The number of amides is 1. The number of anilines is 1. The van der Waals surface area contributed by atoms with E-state index in [1.165, 1.54) is 87.5 Å². The number of carbonyl (C=O) groups is 1. The highest BCUT2D eigenvalue weighted by Gasteiger charge is 2.06. The van der Waals surface area contributed by atoms with Gasteiger partial charge in [-0.15, -0.1) is 10.2 Å². The van der Waals surface area contributed by atoms with Crippen LogP contribution in [0.4, 0.5) is 5.13 Å². The molecule has 0 saturated heterocycles. The third kappa shape index (κ3) is 11.6. The molecular formula is C27H41N3OS. The lowest BCUT2D eigenvalue weighted by molar-refractivity contribution is -0.111. The quantitative estimate of drug-likeness (QED) is 0.194. The molecule has 176 valence electrons. The van der Waals surface area contributed by atoms with Gasteiger partial charge in [0.05, 0.1) is 0 Å². The topological polar surface area (TPSA) is 54.9 Å². The summed E-state index contributed by atoms with van der Waals surface area (Å²) in [6.45, 7) is 4.49. The minimum absolute atomic E-state index is 0.163. The average Bonchev–Trinajstić information content (AvgIpc) is 3.25. The van der Waals surface area contributed by atoms with E-state index < -0.39 is 0 Å². The van der Waals surface area contributed by atoms with Crippen molar-refractivity contribution in [2.45, 2.75) is 104 Å². The molecule has 0 aliphatic heterocycles. The van der Waals surface area contributed by atoms with Crippen LogP contribution in [-0.4, -0.2) is 16.1 Å². The highest BCUT2D eigenvalue weighted by Crippen LogP contribution is 2.18. The Hall–Kier alpha value is -2.01. The Labute approximate surface area is 198 Å². The summed E-state index contributed by atoms with van der Waals surface area (Å²) < 4.78 is 0. The van der Waals surface area contributed by atoms with Crippen LogP contribution in [0.1, 0.15) is 107 Å². The van der Waals surface area contributed by atoms with Crippen molar-refractivity contribution in [3.05, 3.63) is 46.5 Å². The molecule has 2 aromatic rings. The van der Waals surface area contributed by atoms with Crippen molar-refractivity contribution in [3.8, 4) is 0 Å². The van der Waals surface area contributed by atoms with E-state index in [0.29, 0.717) is 5.13 Å². The SMILES string of the molecule is CCCCCCCCCc1nnc(NC(=O)/C=C/c2ccc(CCCCCCC)cc2)s1. The van der Waals surface area contributed by atoms with Crippen LogP contribution in [0.15, 0.2) is 30.3 Å². The summed E-state index contributed by atoms with van der Waals surface area (Å²) in [7, 11) is 0. The van der Waals surface area contributed by atoms with Crippen molar-refractivity contribution in [1.29, 1.82) is 0 Å². The van der Waals surface area contributed by atoms with Crippen molar-refractivity contribution in [3.63, 3.8) is 0 Å². The Bertz CT molecular complexity index is 782. The largest absolute Gasteiger partial charge is 0.297 e. The summed E-state index contributed by atoms with van der Waals surface area (Å²) >= 11 is 1.48. The number of benzene rings is 1. The molecular weight excluding hydrogens is 414 g/mol. The number of carbonyl (C=O) groups excluding carboxylic acids is 1. The lowest BCUT2D eigenvalue weighted by Crippen LogP contribution is -2.07. The Balaban J connectivity index is 1.65. The molecule has 0 bridgehead atoms. The smallest absolute Gasteiger partial charge is 0.250 e. The van der Waals surface area contributed by atoms with Gasteiger partial charge in [0.25, 0.3) is 0 Å². The fourth-order valence-corrected chi connectivity index (χ4v) is 4.47. The van der Waals surface area contributed by atoms with Gasteiger partial charge >= 0.3 is 0 Å². The molecule has 0 spiro atoms. The number of hydrogen-bond donors (Lipinski definition) is 1. The Morgan fingerprint density at radius 2 is 1.41 bits per heavy atom. The van der Waals surface area contributed by atoms with E-state index in [1.807, 2.05) is 6.08 Å². The number of nitrogens with one attached hydrogen (secondary N) is 1. The van der Waals surface area contributed by atoms with E-state index in [1.54, 1.807) is 6.08 Å². The lowest BCUT2D eigenvalue weighted by atomic mass is 10.0. The first-order valence-electron chi connectivity index (χ1n) is 12.6. The molecule has 1 aromatic carbocycles. The molecule has 32 heavy (non-hydrogen) atoms. The molecule has 0 unspecified atom stereocenters. The summed E-state index contributed by atoms with van der Waals surface area (Å²) in [5.74, 6) is -0.163. The molecule has 0 aliphatic rings. The van der Waals surface area contributed by atoms with Gasteiger partial charge in [0.1, 0.15) is 5.01 Å². The maximum absolute atomic E-state index is 12.2. The van der Waals surface area contributed by atoms with E-state index >= 15 is 0 Å². The van der Waals surface area contributed by atoms with Gasteiger partial charge in [-0.05, 0) is 36.5 Å². The van der Waals surface area contributed by atoms with Crippen molar-refractivity contribution in [1.82, 2.24) is 10.2 Å². The van der Waals surface area contributed by atoms with Gasteiger partial charge in [0.15, 0.2) is 0 Å². The van der Waals surface area contributed by atoms with Crippen LogP contribution in [0.25, 0.3) is 6.08 Å². The molecule has 2 rings (SSSR count). The van der Waals surface area contributed by atoms with Crippen molar-refractivity contribution in [2.24, 2.45) is 0 Å². The van der Waals surface area contributed by atoms with E-state index in [4.69, 9.17) is 0 Å². The van der Waals surface area contributed by atoms with Gasteiger partial charge in [-0.2, -0.15) is 0 Å². The second kappa shape index (κ2) is 16.6. The molecule has 4 nitrogen and oxygen atoms in total. The van der Waals surface area contributed by atoms with Crippen LogP contribution in [-0.2, 0) is 17.6 Å². The zero-order chi connectivity index (χ0) is 22.9. The normalized spacial score (nSPS) is 11.3. The zero-order valence-electron chi connectivity index (χ0n) is 20.1. The molecule has 0 atom stereocenters. The van der Waals surface area contributed by atoms with Crippen molar-refractivity contribution >= 4 is 28.5 Å². The number of aromatic nitrogens is 2. The highest BCUT2D eigenvalue weighted by molar-refractivity contribution is 7.15. The molecule has 0 aliphatic carbocycles. The second-order valence-corrected chi connectivity index (χ2v) is 9.66. The minimum atomic E-state index is -0.163. The number of nitrogens with zero attached hydrogens (tertiary/aromatic N) is 2. The summed E-state index contributed by atoms with van der Waals surface area (Å²) in [6.07, 6.45) is 21.0. The van der Waals surface area contributed by atoms with Gasteiger partial charge in [-0.1, -0.05) is 114 Å². The molecule has 0 radical (unpaired) electrons. The van der Waals surface area contributed by atoms with Gasteiger partial charge in [0, 0.05) is 12.5 Å². The average molecular weight is 456 g/mol. The monoisotopic (exact) mass is 455 g/mol. The number of rotatable bonds is 17. The Morgan fingerprint density at radius 1 is 0.812 bits per heavy atom. The first kappa shape index (κ1) is 26.2. The van der Waals surface area contributed by atoms with E-state index in [-0.39, 0.29) is 5.91 Å². The number of unbranched alkanes of at least 4 members (excludes halogenated alkanes) is 10. The van der Waals surface area contributed by atoms with Crippen LogP contribution in [0.2, 0.25) is 0 Å². The summed E-state index contributed by atoms with van der Waals surface area (Å²) in [5.41, 5.74) is 2.40.